The molecule has 1 aliphatic heterocycles. The largest absolute Gasteiger partial charge is 0.464 e. The van der Waals surface area contributed by atoms with Gasteiger partial charge in [0.15, 0.2) is 9.84 Å². The van der Waals surface area contributed by atoms with Gasteiger partial charge in [-0.15, -0.1) is 0 Å². The van der Waals surface area contributed by atoms with Crippen molar-refractivity contribution in [3.63, 3.8) is 0 Å². The molecule has 0 amide bonds. The van der Waals surface area contributed by atoms with E-state index in [1.165, 1.54) is 5.56 Å². The Morgan fingerprint density at radius 1 is 1.24 bits per heavy atom. The number of sulfone groups is 1. The van der Waals surface area contributed by atoms with Gasteiger partial charge < -0.3 is 4.42 Å². The molecule has 0 atom stereocenters. The van der Waals surface area contributed by atoms with Crippen LogP contribution in [0.3, 0.4) is 0 Å². The fourth-order valence-electron chi connectivity index (χ4n) is 3.06. The van der Waals surface area contributed by atoms with E-state index < -0.39 is 9.84 Å². The minimum atomic E-state index is -2.89. The van der Waals surface area contributed by atoms with E-state index in [9.17, 15) is 8.42 Å². The first-order valence-corrected chi connectivity index (χ1v) is 9.20. The number of likely N-dealkylation sites (tertiary alicyclic amines) is 1. The molecule has 0 aliphatic carbocycles. The average molecular weight is 307 g/mol. The second-order valence-corrected chi connectivity index (χ2v) is 8.25. The molecule has 2 aromatic rings. The van der Waals surface area contributed by atoms with Crippen molar-refractivity contribution in [2.45, 2.75) is 31.6 Å². The maximum Gasteiger partial charge on any atom is 0.152 e. The summed E-state index contributed by atoms with van der Waals surface area (Å²) in [5.41, 5.74) is 2.10. The van der Waals surface area contributed by atoms with E-state index in [0.717, 1.165) is 43.4 Å². The van der Waals surface area contributed by atoms with E-state index in [-0.39, 0.29) is 11.0 Å². The molecule has 1 aromatic heterocycles. The number of rotatable bonds is 4. The molecule has 21 heavy (non-hydrogen) atoms. The standard InChI is InChI=1S/C16H21NO3S/c1-2-21(18,19)14-7-9-17(10-8-14)11-13-12-20-16-6-4-3-5-15(13)16/h3-6,12,14H,2,7-11H2,1H3. The Hall–Kier alpha value is -1.33. The average Bonchev–Trinajstić information content (AvgIpc) is 2.91. The molecule has 1 aliphatic rings. The highest BCUT2D eigenvalue weighted by molar-refractivity contribution is 7.92. The molecule has 0 unspecified atom stereocenters. The highest BCUT2D eigenvalue weighted by Crippen LogP contribution is 2.25. The summed E-state index contributed by atoms with van der Waals surface area (Å²) < 4.78 is 29.4. The third-order valence-corrected chi connectivity index (χ3v) is 6.69. The number of fused-ring (bicyclic) bond motifs is 1. The predicted octanol–water partition coefficient (Wildman–Crippen LogP) is 2.83. The molecule has 5 heteroatoms. The Morgan fingerprint density at radius 3 is 2.67 bits per heavy atom. The van der Waals surface area contributed by atoms with Gasteiger partial charge in [-0.2, -0.15) is 0 Å². The number of hydrogen-bond acceptors (Lipinski definition) is 4. The molecule has 0 spiro atoms. The zero-order chi connectivity index (χ0) is 14.9. The third kappa shape index (κ3) is 2.99. The molecule has 0 saturated carbocycles. The maximum absolute atomic E-state index is 11.9. The molecule has 1 aromatic carbocycles. The number of benzene rings is 1. The summed E-state index contributed by atoms with van der Waals surface area (Å²) in [4.78, 5) is 2.32. The minimum absolute atomic E-state index is 0.153. The van der Waals surface area contributed by atoms with E-state index in [1.807, 2.05) is 24.5 Å². The molecular formula is C16H21NO3S. The van der Waals surface area contributed by atoms with Crippen molar-refractivity contribution in [2.24, 2.45) is 0 Å². The first-order chi connectivity index (χ1) is 10.1. The zero-order valence-electron chi connectivity index (χ0n) is 12.3. The van der Waals surface area contributed by atoms with E-state index in [4.69, 9.17) is 4.42 Å². The summed E-state index contributed by atoms with van der Waals surface area (Å²) in [5, 5.41) is 1.00. The highest BCUT2D eigenvalue weighted by Gasteiger charge is 2.28. The van der Waals surface area contributed by atoms with Crippen LogP contribution in [-0.2, 0) is 16.4 Å². The first-order valence-electron chi connectivity index (χ1n) is 7.49. The van der Waals surface area contributed by atoms with Crippen LogP contribution in [0.4, 0.5) is 0 Å². The number of para-hydroxylation sites is 1. The van der Waals surface area contributed by atoms with E-state index in [1.54, 1.807) is 6.92 Å². The summed E-state index contributed by atoms with van der Waals surface area (Å²) in [5.74, 6) is 0.254. The van der Waals surface area contributed by atoms with Crippen molar-refractivity contribution in [3.8, 4) is 0 Å². The van der Waals surface area contributed by atoms with E-state index in [2.05, 4.69) is 11.0 Å². The zero-order valence-corrected chi connectivity index (χ0v) is 13.1. The molecule has 0 radical (unpaired) electrons. The second-order valence-electron chi connectivity index (χ2n) is 5.68. The van der Waals surface area contributed by atoms with E-state index >= 15 is 0 Å². The van der Waals surface area contributed by atoms with Gasteiger partial charge in [-0.1, -0.05) is 25.1 Å². The molecule has 3 rings (SSSR count). The molecule has 0 bridgehead atoms. The number of nitrogens with zero attached hydrogens (tertiary/aromatic N) is 1. The maximum atomic E-state index is 11.9. The molecule has 1 fully saturated rings. The third-order valence-electron chi connectivity index (χ3n) is 4.40. The molecule has 2 heterocycles. The fraction of sp³-hybridized carbons (Fsp3) is 0.500. The van der Waals surface area contributed by atoms with Crippen LogP contribution < -0.4 is 0 Å². The van der Waals surface area contributed by atoms with Crippen molar-refractivity contribution >= 4 is 20.8 Å². The fourth-order valence-corrected chi connectivity index (χ4v) is 4.46. The number of hydrogen-bond donors (Lipinski definition) is 0. The van der Waals surface area contributed by atoms with Crippen molar-refractivity contribution in [1.29, 1.82) is 0 Å². The molecular weight excluding hydrogens is 286 g/mol. The molecule has 0 N–H and O–H groups in total. The van der Waals surface area contributed by atoms with Gasteiger partial charge in [-0.3, -0.25) is 4.90 Å². The van der Waals surface area contributed by atoms with Crippen molar-refractivity contribution in [2.75, 3.05) is 18.8 Å². The number of piperidine rings is 1. The summed E-state index contributed by atoms with van der Waals surface area (Å²) in [6.07, 6.45) is 3.30. The monoisotopic (exact) mass is 307 g/mol. The van der Waals surface area contributed by atoms with Gasteiger partial charge in [0.25, 0.3) is 0 Å². The molecule has 1 saturated heterocycles. The van der Waals surface area contributed by atoms with Gasteiger partial charge in [0, 0.05) is 23.2 Å². The van der Waals surface area contributed by atoms with Crippen LogP contribution >= 0.6 is 0 Å². The van der Waals surface area contributed by atoms with Gasteiger partial charge in [0.05, 0.1) is 11.5 Å². The SMILES string of the molecule is CCS(=O)(=O)C1CCN(Cc2coc3ccccc23)CC1. The van der Waals surface area contributed by atoms with E-state index in [0.29, 0.717) is 0 Å². The lowest BCUT2D eigenvalue weighted by Crippen LogP contribution is -2.39. The van der Waals surface area contributed by atoms with Crippen LogP contribution in [0.2, 0.25) is 0 Å². The quantitative estimate of drug-likeness (QED) is 0.871. The van der Waals surface area contributed by atoms with Crippen LogP contribution in [0.15, 0.2) is 34.9 Å². The molecule has 114 valence electrons. The second kappa shape index (κ2) is 5.81. The van der Waals surface area contributed by atoms with Crippen LogP contribution in [0, 0.1) is 0 Å². The highest BCUT2D eigenvalue weighted by atomic mass is 32.2. The summed E-state index contributed by atoms with van der Waals surface area (Å²) in [6, 6.07) is 8.03. The Bertz CT molecular complexity index is 712. The van der Waals surface area contributed by atoms with Crippen LogP contribution in [0.5, 0.6) is 0 Å². The van der Waals surface area contributed by atoms with Crippen LogP contribution in [-0.4, -0.2) is 37.4 Å². The van der Waals surface area contributed by atoms with Gasteiger partial charge in [-0.05, 0) is 32.0 Å². The summed E-state index contributed by atoms with van der Waals surface area (Å²) in [7, 11) is -2.89. The van der Waals surface area contributed by atoms with Crippen LogP contribution in [0.1, 0.15) is 25.3 Å². The molecule has 4 nitrogen and oxygen atoms in total. The van der Waals surface area contributed by atoms with Crippen LogP contribution in [0.25, 0.3) is 11.0 Å². The van der Waals surface area contributed by atoms with Crippen molar-refractivity contribution in [3.05, 3.63) is 36.1 Å². The lowest BCUT2D eigenvalue weighted by Gasteiger charge is -2.31. The Morgan fingerprint density at radius 2 is 1.95 bits per heavy atom. The van der Waals surface area contributed by atoms with Gasteiger partial charge >= 0.3 is 0 Å². The minimum Gasteiger partial charge on any atom is -0.464 e. The Labute approximate surface area is 125 Å². The Balaban J connectivity index is 1.66. The Kier molecular flexibility index (Phi) is 4.04. The predicted molar refractivity (Wildman–Crippen MR) is 84.0 cm³/mol. The topological polar surface area (TPSA) is 50.5 Å². The van der Waals surface area contributed by atoms with Crippen molar-refractivity contribution in [1.82, 2.24) is 4.90 Å². The smallest absolute Gasteiger partial charge is 0.152 e. The normalized spacial score (nSPS) is 18.3. The first kappa shape index (κ1) is 14.6. The van der Waals surface area contributed by atoms with Crippen molar-refractivity contribution < 1.29 is 12.8 Å². The summed E-state index contributed by atoms with van der Waals surface area (Å²) in [6.45, 7) is 4.24. The summed E-state index contributed by atoms with van der Waals surface area (Å²) >= 11 is 0. The van der Waals surface area contributed by atoms with Gasteiger partial charge in [0.1, 0.15) is 5.58 Å². The lowest BCUT2D eigenvalue weighted by molar-refractivity contribution is 0.222. The van der Waals surface area contributed by atoms with Gasteiger partial charge in [0.2, 0.25) is 0 Å². The lowest BCUT2D eigenvalue weighted by atomic mass is 10.1. The van der Waals surface area contributed by atoms with Gasteiger partial charge in [-0.25, -0.2) is 8.42 Å². The number of furan rings is 1.